The van der Waals surface area contributed by atoms with E-state index in [1.165, 1.54) is 4.90 Å². The number of benzene rings is 2. The average Bonchev–Trinajstić information content (AvgIpc) is 3.36. The Balaban J connectivity index is 0.000000426. The molecule has 4 aromatic rings. The number of halogens is 3. The van der Waals surface area contributed by atoms with E-state index in [0.717, 1.165) is 5.56 Å². The van der Waals surface area contributed by atoms with Crippen LogP contribution in [0.25, 0.3) is 11.0 Å². The fraction of sp³-hybridized carbons (Fsp3) is 0.125. The second kappa shape index (κ2) is 9.82. The van der Waals surface area contributed by atoms with Crippen LogP contribution in [0.15, 0.2) is 67.0 Å². The molecular formula is C24H18F3N5O6. The standard InChI is InChI=1S/C22H17N5O4.C2HF3O2/c28-19-15-3-1-2-4-16(15)22(31,27(19)12-13-7-9-23-10-8-13)14-5-6-17-18(11-14)25-20(24-17)26-21(29)30;3-2(4,5)1(6)7/h1-11,31H,12H2,(H,29,30)(H2,24,25,26);(H,6,7). The van der Waals surface area contributed by atoms with E-state index < -0.39 is 24.0 Å². The van der Waals surface area contributed by atoms with Crippen LogP contribution in [0.1, 0.15) is 27.0 Å². The number of rotatable bonds is 4. The summed E-state index contributed by atoms with van der Waals surface area (Å²) in [5, 5.41) is 30.2. The number of carboxylic acids is 1. The van der Waals surface area contributed by atoms with Gasteiger partial charge in [0, 0.05) is 35.6 Å². The molecule has 2 aromatic heterocycles. The Labute approximate surface area is 211 Å². The summed E-state index contributed by atoms with van der Waals surface area (Å²) in [6.45, 7) is 0.178. The smallest absolute Gasteiger partial charge is 0.475 e. The molecule has 0 fully saturated rings. The van der Waals surface area contributed by atoms with Crippen LogP contribution >= 0.6 is 0 Å². The van der Waals surface area contributed by atoms with Crippen molar-refractivity contribution in [1.29, 1.82) is 0 Å². The van der Waals surface area contributed by atoms with Crippen LogP contribution < -0.4 is 5.32 Å². The lowest BCUT2D eigenvalue weighted by atomic mass is 9.93. The first-order chi connectivity index (χ1) is 17.9. The van der Waals surface area contributed by atoms with Crippen molar-refractivity contribution in [3.63, 3.8) is 0 Å². The third-order valence-corrected chi connectivity index (χ3v) is 5.61. The highest BCUT2D eigenvalue weighted by Gasteiger charge is 2.49. The number of imidazole rings is 1. The van der Waals surface area contributed by atoms with E-state index in [1.54, 1.807) is 67.0 Å². The Bertz CT molecular complexity index is 1530. The third kappa shape index (κ3) is 4.97. The topological polar surface area (TPSA) is 169 Å². The molecule has 1 atom stereocenters. The van der Waals surface area contributed by atoms with E-state index in [0.29, 0.717) is 27.7 Å². The number of pyridine rings is 1. The molecule has 5 N–H and O–H groups in total. The molecule has 1 unspecified atom stereocenters. The summed E-state index contributed by atoms with van der Waals surface area (Å²) < 4.78 is 31.7. The van der Waals surface area contributed by atoms with Gasteiger partial charge in [-0.15, -0.1) is 0 Å². The molecule has 3 heterocycles. The Morgan fingerprint density at radius 2 is 1.71 bits per heavy atom. The normalized spacial score (nSPS) is 16.5. The minimum absolute atomic E-state index is 0.0724. The number of amides is 2. The van der Waals surface area contributed by atoms with Crippen LogP contribution in [0.4, 0.5) is 23.9 Å². The number of nitrogens with one attached hydrogen (secondary N) is 2. The SMILES string of the molecule is O=C(O)C(F)(F)F.O=C(O)Nc1nc2cc(C3(O)c4ccccc4C(=O)N3Cc3ccncc3)ccc2[nH]1. The van der Waals surface area contributed by atoms with E-state index >= 15 is 0 Å². The van der Waals surface area contributed by atoms with Gasteiger partial charge in [-0.05, 0) is 35.9 Å². The molecule has 0 saturated heterocycles. The molecule has 1 aliphatic heterocycles. The number of aromatic amines is 1. The maximum Gasteiger partial charge on any atom is 0.490 e. The van der Waals surface area contributed by atoms with Crippen molar-refractivity contribution in [2.45, 2.75) is 18.4 Å². The van der Waals surface area contributed by atoms with Gasteiger partial charge in [-0.1, -0.05) is 24.3 Å². The number of hydrogen-bond donors (Lipinski definition) is 5. The summed E-state index contributed by atoms with van der Waals surface area (Å²) >= 11 is 0. The molecule has 11 nitrogen and oxygen atoms in total. The number of alkyl halides is 3. The van der Waals surface area contributed by atoms with Crippen molar-refractivity contribution < 1.29 is 42.9 Å². The zero-order valence-electron chi connectivity index (χ0n) is 19.1. The maximum atomic E-state index is 13.2. The molecule has 0 radical (unpaired) electrons. The molecule has 2 amide bonds. The molecule has 5 rings (SSSR count). The van der Waals surface area contributed by atoms with Crippen molar-refractivity contribution in [2.75, 3.05) is 5.32 Å². The van der Waals surface area contributed by atoms with E-state index in [2.05, 4.69) is 20.3 Å². The molecule has 38 heavy (non-hydrogen) atoms. The fourth-order valence-corrected chi connectivity index (χ4v) is 3.96. The van der Waals surface area contributed by atoms with Gasteiger partial charge in [-0.25, -0.2) is 14.6 Å². The van der Waals surface area contributed by atoms with Crippen LogP contribution in [0.3, 0.4) is 0 Å². The molecule has 2 aromatic carbocycles. The summed E-state index contributed by atoms with van der Waals surface area (Å²) in [5.74, 6) is -2.97. The Morgan fingerprint density at radius 1 is 1.05 bits per heavy atom. The summed E-state index contributed by atoms with van der Waals surface area (Å²) in [4.78, 5) is 45.5. The van der Waals surface area contributed by atoms with Gasteiger partial charge in [-0.3, -0.25) is 20.0 Å². The molecule has 0 aliphatic carbocycles. The number of aliphatic carboxylic acids is 1. The van der Waals surface area contributed by atoms with Gasteiger partial charge in [0.1, 0.15) is 0 Å². The average molecular weight is 529 g/mol. The highest BCUT2D eigenvalue weighted by Crippen LogP contribution is 2.43. The number of aliphatic hydroxyl groups is 1. The summed E-state index contributed by atoms with van der Waals surface area (Å²) in [6, 6.07) is 15.6. The number of nitrogens with zero attached hydrogens (tertiary/aromatic N) is 3. The molecular weight excluding hydrogens is 511 g/mol. The largest absolute Gasteiger partial charge is 0.490 e. The molecule has 1 aliphatic rings. The van der Waals surface area contributed by atoms with Crippen LogP contribution in [0, 0.1) is 0 Å². The number of anilines is 1. The maximum absolute atomic E-state index is 13.2. The molecule has 0 spiro atoms. The van der Waals surface area contributed by atoms with Crippen molar-refractivity contribution in [3.8, 4) is 0 Å². The first-order valence-electron chi connectivity index (χ1n) is 10.7. The minimum Gasteiger partial charge on any atom is -0.475 e. The number of carboxylic acid groups (broad SMARTS) is 2. The lowest BCUT2D eigenvalue weighted by Crippen LogP contribution is -2.44. The Morgan fingerprint density at radius 3 is 2.34 bits per heavy atom. The molecule has 14 heteroatoms. The summed E-state index contributed by atoms with van der Waals surface area (Å²) in [6.07, 6.45) is -3.05. The monoisotopic (exact) mass is 529 g/mol. The molecule has 196 valence electrons. The van der Waals surface area contributed by atoms with Crippen LogP contribution in [-0.4, -0.2) is 59.3 Å². The summed E-state index contributed by atoms with van der Waals surface area (Å²) in [7, 11) is 0. The fourth-order valence-electron chi connectivity index (χ4n) is 3.96. The Hall–Kier alpha value is -4.98. The van der Waals surface area contributed by atoms with Crippen LogP contribution in [-0.2, 0) is 17.1 Å². The van der Waals surface area contributed by atoms with Gasteiger partial charge in [0.05, 0.1) is 11.0 Å². The number of fused-ring (bicyclic) bond motifs is 2. The first kappa shape index (κ1) is 26.1. The van der Waals surface area contributed by atoms with E-state index in [4.69, 9.17) is 15.0 Å². The minimum atomic E-state index is -5.08. The van der Waals surface area contributed by atoms with E-state index in [-0.39, 0.29) is 18.4 Å². The highest BCUT2D eigenvalue weighted by molar-refractivity contribution is 6.00. The lowest BCUT2D eigenvalue weighted by Gasteiger charge is -2.35. The van der Waals surface area contributed by atoms with Crippen LogP contribution in [0.5, 0.6) is 0 Å². The van der Waals surface area contributed by atoms with Crippen molar-refractivity contribution in [3.05, 3.63) is 89.2 Å². The van der Waals surface area contributed by atoms with Gasteiger partial charge in [0.2, 0.25) is 5.95 Å². The highest BCUT2D eigenvalue weighted by atomic mass is 19.4. The number of carbonyl (C=O) groups excluding carboxylic acids is 1. The summed E-state index contributed by atoms with van der Waals surface area (Å²) in [5.41, 5.74) is 1.50. The predicted octanol–water partition coefficient (Wildman–Crippen LogP) is 3.53. The van der Waals surface area contributed by atoms with Crippen molar-refractivity contribution >= 4 is 35.0 Å². The third-order valence-electron chi connectivity index (χ3n) is 5.61. The van der Waals surface area contributed by atoms with Crippen LogP contribution in [0.2, 0.25) is 0 Å². The van der Waals surface area contributed by atoms with E-state index in [9.17, 15) is 27.9 Å². The van der Waals surface area contributed by atoms with E-state index in [1.807, 2.05) is 0 Å². The molecule has 0 saturated carbocycles. The number of H-pyrrole nitrogens is 1. The predicted molar refractivity (Wildman–Crippen MR) is 125 cm³/mol. The zero-order valence-corrected chi connectivity index (χ0v) is 19.1. The second-order valence-electron chi connectivity index (χ2n) is 8.01. The Kier molecular flexibility index (Phi) is 6.74. The number of aromatic nitrogens is 3. The zero-order chi connectivity index (χ0) is 27.7. The first-order valence-corrected chi connectivity index (χ1v) is 10.7. The quantitative estimate of drug-likeness (QED) is 0.267. The van der Waals surface area contributed by atoms with Gasteiger partial charge < -0.3 is 20.3 Å². The number of hydrogen-bond acceptors (Lipinski definition) is 6. The lowest BCUT2D eigenvalue weighted by molar-refractivity contribution is -0.192. The van der Waals surface area contributed by atoms with Gasteiger partial charge in [-0.2, -0.15) is 13.2 Å². The van der Waals surface area contributed by atoms with Crippen molar-refractivity contribution in [2.24, 2.45) is 0 Å². The second-order valence-corrected chi connectivity index (χ2v) is 8.01. The number of carbonyl (C=O) groups is 3. The molecule has 0 bridgehead atoms. The van der Waals surface area contributed by atoms with Gasteiger partial charge in [0.25, 0.3) is 5.91 Å². The van der Waals surface area contributed by atoms with Gasteiger partial charge >= 0.3 is 18.2 Å². The van der Waals surface area contributed by atoms with Crippen molar-refractivity contribution in [1.82, 2.24) is 19.9 Å². The van der Waals surface area contributed by atoms with Gasteiger partial charge in [0.15, 0.2) is 5.72 Å².